The average Bonchev–Trinajstić information content (AvgIpc) is 3.15. The molecule has 2 heterocycles. The van der Waals surface area contributed by atoms with Crippen LogP contribution < -0.4 is 0 Å². The van der Waals surface area contributed by atoms with Gasteiger partial charge >= 0.3 is 6.18 Å². The van der Waals surface area contributed by atoms with Gasteiger partial charge in [0.05, 0.1) is 29.5 Å². The molecule has 2 atom stereocenters. The van der Waals surface area contributed by atoms with Gasteiger partial charge in [-0.1, -0.05) is 18.2 Å². The van der Waals surface area contributed by atoms with Crippen LogP contribution in [0, 0.1) is 0 Å². The topological polar surface area (TPSA) is 69.2 Å². The summed E-state index contributed by atoms with van der Waals surface area (Å²) in [4.78, 5) is 13.7. The van der Waals surface area contributed by atoms with Crippen LogP contribution in [0.1, 0.15) is 33.9 Å². The fraction of sp³-hybridized carbons (Fsp3) is 0.333. The number of aromatic amines is 1. The smallest absolute Gasteiger partial charge is 0.391 e. The molecule has 0 spiro atoms. The van der Waals surface area contributed by atoms with Crippen molar-refractivity contribution in [3.05, 3.63) is 53.3 Å². The van der Waals surface area contributed by atoms with Gasteiger partial charge in [0.1, 0.15) is 0 Å². The summed E-state index contributed by atoms with van der Waals surface area (Å²) >= 11 is 0. The average molecular weight is 325 g/mol. The van der Waals surface area contributed by atoms with Crippen LogP contribution in [0.2, 0.25) is 0 Å². The van der Waals surface area contributed by atoms with Crippen molar-refractivity contribution in [3.8, 4) is 0 Å². The molecule has 1 amide bonds. The third-order valence-electron chi connectivity index (χ3n) is 3.91. The number of benzene rings is 1. The number of carbonyl (C=O) groups is 1. The van der Waals surface area contributed by atoms with Crippen LogP contribution in [0.4, 0.5) is 13.2 Å². The predicted molar refractivity (Wildman–Crippen MR) is 74.4 cm³/mol. The van der Waals surface area contributed by atoms with Gasteiger partial charge < -0.3 is 10.0 Å². The van der Waals surface area contributed by atoms with Crippen LogP contribution in [-0.2, 0) is 6.18 Å². The Bertz CT molecular complexity index is 700. The Balaban J connectivity index is 2.00. The van der Waals surface area contributed by atoms with Crippen molar-refractivity contribution in [2.45, 2.75) is 24.7 Å². The Morgan fingerprint density at radius 2 is 2.09 bits per heavy atom. The number of rotatable bonds is 2. The Labute approximate surface area is 129 Å². The van der Waals surface area contributed by atoms with Crippen molar-refractivity contribution in [2.24, 2.45) is 0 Å². The van der Waals surface area contributed by atoms with Gasteiger partial charge in [0.15, 0.2) is 0 Å². The van der Waals surface area contributed by atoms with E-state index in [1.165, 1.54) is 35.5 Å². The minimum atomic E-state index is -4.52. The lowest BCUT2D eigenvalue weighted by Gasteiger charge is -2.26. The number of amides is 1. The number of aromatic nitrogens is 2. The van der Waals surface area contributed by atoms with E-state index in [2.05, 4.69) is 10.2 Å². The SMILES string of the molecule is O=C(c1cn[nH]c1)N1C[C@H](O)C[C@H]1c1ccccc1C(F)(F)F. The van der Waals surface area contributed by atoms with Gasteiger partial charge in [-0.2, -0.15) is 18.3 Å². The zero-order valence-corrected chi connectivity index (χ0v) is 11.9. The highest BCUT2D eigenvalue weighted by molar-refractivity contribution is 5.94. The second-order valence-electron chi connectivity index (χ2n) is 5.43. The zero-order valence-electron chi connectivity index (χ0n) is 11.9. The van der Waals surface area contributed by atoms with Gasteiger partial charge in [-0.15, -0.1) is 0 Å². The number of likely N-dealkylation sites (tertiary alicyclic amines) is 1. The molecular weight excluding hydrogens is 311 g/mol. The van der Waals surface area contributed by atoms with E-state index in [0.717, 1.165) is 6.07 Å². The third-order valence-corrected chi connectivity index (χ3v) is 3.91. The maximum absolute atomic E-state index is 13.2. The molecule has 1 aromatic carbocycles. The van der Waals surface area contributed by atoms with Crippen molar-refractivity contribution in [1.29, 1.82) is 0 Å². The van der Waals surface area contributed by atoms with E-state index in [-0.39, 0.29) is 24.1 Å². The first kappa shape index (κ1) is 15.5. The summed E-state index contributed by atoms with van der Waals surface area (Å²) in [6, 6.07) is 4.31. The van der Waals surface area contributed by atoms with Gasteiger partial charge in [-0.05, 0) is 18.1 Å². The largest absolute Gasteiger partial charge is 0.416 e. The van der Waals surface area contributed by atoms with Crippen molar-refractivity contribution >= 4 is 5.91 Å². The van der Waals surface area contributed by atoms with Crippen LogP contribution >= 0.6 is 0 Å². The molecule has 2 aromatic rings. The molecule has 3 rings (SSSR count). The number of alkyl halides is 3. The molecule has 0 radical (unpaired) electrons. The minimum absolute atomic E-state index is 0.00612. The molecule has 5 nitrogen and oxygen atoms in total. The Kier molecular flexibility index (Phi) is 3.85. The van der Waals surface area contributed by atoms with Gasteiger partial charge in [-0.25, -0.2) is 0 Å². The number of aliphatic hydroxyl groups is 1. The fourth-order valence-corrected chi connectivity index (χ4v) is 2.91. The highest BCUT2D eigenvalue weighted by Crippen LogP contribution is 2.40. The second kappa shape index (κ2) is 5.69. The van der Waals surface area contributed by atoms with Crippen molar-refractivity contribution in [1.82, 2.24) is 15.1 Å². The first-order chi connectivity index (χ1) is 10.9. The number of aliphatic hydroxyl groups excluding tert-OH is 1. The Hall–Kier alpha value is -2.35. The van der Waals surface area contributed by atoms with Crippen molar-refractivity contribution in [2.75, 3.05) is 6.54 Å². The number of carbonyl (C=O) groups excluding carboxylic acids is 1. The molecule has 8 heteroatoms. The quantitative estimate of drug-likeness (QED) is 0.891. The van der Waals surface area contributed by atoms with Gasteiger partial charge in [0.2, 0.25) is 0 Å². The van der Waals surface area contributed by atoms with E-state index in [0.29, 0.717) is 0 Å². The van der Waals surface area contributed by atoms with E-state index in [1.54, 1.807) is 0 Å². The molecule has 1 aromatic heterocycles. The standard InChI is InChI=1S/C15H14F3N3O2/c16-15(17,18)12-4-2-1-3-11(12)13-5-10(22)8-21(13)14(23)9-6-19-20-7-9/h1-4,6-7,10,13,22H,5,8H2,(H,19,20)/t10-,13+/m1/s1. The molecule has 0 unspecified atom stereocenters. The molecule has 1 fully saturated rings. The zero-order chi connectivity index (χ0) is 16.6. The lowest BCUT2D eigenvalue weighted by Crippen LogP contribution is -2.32. The number of halogens is 3. The lowest BCUT2D eigenvalue weighted by molar-refractivity contribution is -0.138. The number of hydrogen-bond acceptors (Lipinski definition) is 3. The van der Waals surface area contributed by atoms with Crippen molar-refractivity contribution < 1.29 is 23.1 Å². The number of hydrogen-bond donors (Lipinski definition) is 2. The van der Waals surface area contributed by atoms with Crippen LogP contribution in [0.5, 0.6) is 0 Å². The second-order valence-corrected chi connectivity index (χ2v) is 5.43. The summed E-state index contributed by atoms with van der Waals surface area (Å²) in [5, 5.41) is 16.0. The van der Waals surface area contributed by atoms with E-state index in [4.69, 9.17) is 0 Å². The van der Waals surface area contributed by atoms with E-state index in [1.807, 2.05) is 0 Å². The maximum Gasteiger partial charge on any atom is 0.416 e. The number of nitrogens with one attached hydrogen (secondary N) is 1. The highest BCUT2D eigenvalue weighted by atomic mass is 19.4. The molecular formula is C15H14F3N3O2. The third kappa shape index (κ3) is 2.94. The summed E-state index contributed by atoms with van der Waals surface area (Å²) in [5.74, 6) is -0.461. The van der Waals surface area contributed by atoms with E-state index >= 15 is 0 Å². The summed E-state index contributed by atoms with van der Waals surface area (Å²) in [5.41, 5.74) is -0.550. The summed E-state index contributed by atoms with van der Waals surface area (Å²) < 4.78 is 39.7. The lowest BCUT2D eigenvalue weighted by atomic mass is 9.97. The predicted octanol–water partition coefficient (Wildman–Crippen LogP) is 2.38. The van der Waals surface area contributed by atoms with Crippen LogP contribution in [-0.4, -0.2) is 38.8 Å². The van der Waals surface area contributed by atoms with Crippen LogP contribution in [0.3, 0.4) is 0 Å². The van der Waals surface area contributed by atoms with Gasteiger partial charge in [-0.3, -0.25) is 9.89 Å². The van der Waals surface area contributed by atoms with Crippen LogP contribution in [0.15, 0.2) is 36.7 Å². The van der Waals surface area contributed by atoms with Gasteiger partial charge in [0, 0.05) is 12.7 Å². The van der Waals surface area contributed by atoms with Crippen molar-refractivity contribution in [3.63, 3.8) is 0 Å². The molecule has 1 aliphatic heterocycles. The molecule has 122 valence electrons. The normalized spacial score (nSPS) is 21.7. The first-order valence-electron chi connectivity index (χ1n) is 7.02. The number of nitrogens with zero attached hydrogens (tertiary/aromatic N) is 2. The minimum Gasteiger partial charge on any atom is -0.391 e. The van der Waals surface area contributed by atoms with Crippen LogP contribution in [0.25, 0.3) is 0 Å². The summed E-state index contributed by atoms with van der Waals surface area (Å²) in [6.45, 7) is -0.0130. The molecule has 1 saturated heterocycles. The molecule has 0 saturated carbocycles. The Morgan fingerprint density at radius 3 is 2.74 bits per heavy atom. The fourth-order valence-electron chi connectivity index (χ4n) is 2.91. The molecule has 2 N–H and O–H groups in total. The van der Waals surface area contributed by atoms with E-state index < -0.39 is 29.8 Å². The monoisotopic (exact) mass is 325 g/mol. The molecule has 0 bridgehead atoms. The molecule has 0 aliphatic carbocycles. The Morgan fingerprint density at radius 1 is 1.35 bits per heavy atom. The molecule has 1 aliphatic rings. The number of H-pyrrole nitrogens is 1. The number of β-amino-alcohol motifs (C(OH)–C–C–N with tert-alkyl or cyclic N) is 1. The highest BCUT2D eigenvalue weighted by Gasteiger charge is 2.41. The van der Waals surface area contributed by atoms with E-state index in [9.17, 15) is 23.1 Å². The van der Waals surface area contributed by atoms with Gasteiger partial charge in [0.25, 0.3) is 5.91 Å². The molecule has 23 heavy (non-hydrogen) atoms. The summed E-state index contributed by atoms with van der Waals surface area (Å²) in [6.07, 6.45) is -2.64. The maximum atomic E-state index is 13.2. The summed E-state index contributed by atoms with van der Waals surface area (Å²) in [7, 11) is 0. The first-order valence-corrected chi connectivity index (χ1v) is 7.02.